The highest BCUT2D eigenvalue weighted by atomic mass is 32.2. The van der Waals surface area contributed by atoms with Crippen molar-refractivity contribution in [1.29, 1.82) is 0 Å². The lowest BCUT2D eigenvalue weighted by Gasteiger charge is -2.13. The number of hydrogen-bond donors (Lipinski definition) is 2. The number of amides is 1. The monoisotopic (exact) mass is 443 g/mol. The number of hydrogen-bond acceptors (Lipinski definition) is 5. The lowest BCUT2D eigenvalue weighted by atomic mass is 10.1. The Morgan fingerprint density at radius 2 is 1.71 bits per heavy atom. The molecule has 3 aromatic rings. The minimum atomic E-state index is -4.16. The van der Waals surface area contributed by atoms with Gasteiger partial charge in [0, 0.05) is 18.7 Å². The number of rotatable bonds is 8. The summed E-state index contributed by atoms with van der Waals surface area (Å²) < 4.78 is 40.6. The number of benzene rings is 3. The first kappa shape index (κ1) is 21.9. The third-order valence-corrected chi connectivity index (χ3v) is 5.73. The van der Waals surface area contributed by atoms with E-state index in [-0.39, 0.29) is 34.2 Å². The molecule has 3 aromatic carbocycles. The molecular weight excluding hydrogens is 425 g/mol. The molecule has 0 unspecified atom stereocenters. The van der Waals surface area contributed by atoms with Crippen LogP contribution in [0.25, 0.3) is 0 Å². The average molecular weight is 443 g/mol. The summed E-state index contributed by atoms with van der Waals surface area (Å²) in [5, 5.41) is 13.6. The van der Waals surface area contributed by atoms with E-state index in [9.17, 15) is 27.7 Å². The van der Waals surface area contributed by atoms with Gasteiger partial charge in [0.2, 0.25) is 0 Å². The quantitative estimate of drug-likeness (QED) is 0.408. The fourth-order valence-corrected chi connectivity index (χ4v) is 3.92. The smallest absolute Gasteiger partial charge is 0.270 e. The molecule has 0 saturated carbocycles. The summed E-state index contributed by atoms with van der Waals surface area (Å²) in [6.07, 6.45) is 0.466. The number of nitrogens with zero attached hydrogens (tertiary/aromatic N) is 1. The van der Waals surface area contributed by atoms with Crippen LogP contribution < -0.4 is 10.0 Å². The molecular formula is C21H18FN3O5S. The van der Waals surface area contributed by atoms with Gasteiger partial charge in [-0.15, -0.1) is 0 Å². The van der Waals surface area contributed by atoms with E-state index in [2.05, 4.69) is 10.0 Å². The van der Waals surface area contributed by atoms with Crippen molar-refractivity contribution in [1.82, 2.24) is 5.32 Å². The second-order valence-electron chi connectivity index (χ2n) is 6.54. The van der Waals surface area contributed by atoms with Crippen LogP contribution in [0.5, 0.6) is 0 Å². The van der Waals surface area contributed by atoms with Gasteiger partial charge in [0.1, 0.15) is 5.82 Å². The highest BCUT2D eigenvalue weighted by molar-refractivity contribution is 7.92. The fourth-order valence-electron chi connectivity index (χ4n) is 2.80. The molecule has 0 heterocycles. The number of sulfonamides is 1. The van der Waals surface area contributed by atoms with Crippen LogP contribution in [0.3, 0.4) is 0 Å². The Morgan fingerprint density at radius 1 is 1.00 bits per heavy atom. The predicted octanol–water partition coefficient (Wildman–Crippen LogP) is 3.51. The van der Waals surface area contributed by atoms with Gasteiger partial charge in [0.15, 0.2) is 0 Å². The van der Waals surface area contributed by atoms with Gasteiger partial charge in [0.25, 0.3) is 21.6 Å². The number of nitro groups is 1. The van der Waals surface area contributed by atoms with Gasteiger partial charge in [-0.1, -0.05) is 30.3 Å². The van der Waals surface area contributed by atoms with Crippen LogP contribution in [-0.4, -0.2) is 25.8 Å². The molecule has 0 saturated heterocycles. The normalized spacial score (nSPS) is 11.0. The van der Waals surface area contributed by atoms with Crippen LogP contribution in [0.2, 0.25) is 0 Å². The van der Waals surface area contributed by atoms with E-state index in [1.807, 2.05) is 0 Å². The van der Waals surface area contributed by atoms with Gasteiger partial charge in [-0.05, 0) is 42.3 Å². The number of nitrogens with one attached hydrogen (secondary N) is 2. The molecule has 0 aliphatic heterocycles. The van der Waals surface area contributed by atoms with Crippen molar-refractivity contribution in [3.05, 3.63) is 99.9 Å². The van der Waals surface area contributed by atoms with Crippen molar-refractivity contribution >= 4 is 27.3 Å². The summed E-state index contributed by atoms with van der Waals surface area (Å²) >= 11 is 0. The Bertz CT molecular complexity index is 1210. The second kappa shape index (κ2) is 9.35. The molecule has 1 amide bonds. The summed E-state index contributed by atoms with van der Waals surface area (Å²) in [4.78, 5) is 22.5. The third kappa shape index (κ3) is 5.64. The minimum absolute atomic E-state index is 0.0355. The lowest BCUT2D eigenvalue weighted by Crippen LogP contribution is -2.27. The number of halogens is 1. The summed E-state index contributed by atoms with van der Waals surface area (Å²) in [5.41, 5.74) is 0.597. The number of para-hydroxylation sites is 1. The van der Waals surface area contributed by atoms with Gasteiger partial charge in [-0.3, -0.25) is 19.6 Å². The van der Waals surface area contributed by atoms with Gasteiger partial charge < -0.3 is 5.32 Å². The maximum atomic E-state index is 13.0. The standard InChI is InChI=1S/C21H18FN3O5S/c22-16-10-8-15(9-11-16)12-13-23-21(26)19-6-1-2-7-20(19)24-31(29,30)18-5-3-4-17(14-18)25(27)28/h1-11,14,24H,12-13H2,(H,23,26). The lowest BCUT2D eigenvalue weighted by molar-refractivity contribution is -0.385. The van der Waals surface area contributed by atoms with Crippen molar-refractivity contribution in [2.24, 2.45) is 0 Å². The van der Waals surface area contributed by atoms with Crippen molar-refractivity contribution < 1.29 is 22.5 Å². The number of carbonyl (C=O) groups excluding carboxylic acids is 1. The highest BCUT2D eigenvalue weighted by Gasteiger charge is 2.20. The van der Waals surface area contributed by atoms with E-state index < -0.39 is 20.9 Å². The minimum Gasteiger partial charge on any atom is -0.352 e. The number of anilines is 1. The van der Waals surface area contributed by atoms with E-state index in [1.165, 1.54) is 42.5 Å². The van der Waals surface area contributed by atoms with E-state index in [1.54, 1.807) is 24.3 Å². The Kier molecular flexibility index (Phi) is 6.61. The second-order valence-corrected chi connectivity index (χ2v) is 8.22. The van der Waals surface area contributed by atoms with E-state index in [0.29, 0.717) is 6.42 Å². The first-order valence-corrected chi connectivity index (χ1v) is 10.6. The zero-order chi connectivity index (χ0) is 22.4. The Hall–Kier alpha value is -3.79. The molecule has 0 aliphatic rings. The van der Waals surface area contributed by atoms with Gasteiger partial charge in [-0.25, -0.2) is 12.8 Å². The summed E-state index contributed by atoms with van der Waals surface area (Å²) in [5.74, 6) is -0.850. The first-order chi connectivity index (χ1) is 14.8. The molecule has 0 bridgehead atoms. The third-order valence-electron chi connectivity index (χ3n) is 4.37. The number of non-ortho nitro benzene ring substituents is 1. The van der Waals surface area contributed by atoms with Crippen LogP contribution in [0, 0.1) is 15.9 Å². The molecule has 10 heteroatoms. The Labute approximate surface area is 177 Å². The molecule has 2 N–H and O–H groups in total. The van der Waals surface area contributed by atoms with Crippen molar-refractivity contribution in [3.8, 4) is 0 Å². The SMILES string of the molecule is O=C(NCCc1ccc(F)cc1)c1ccccc1NS(=O)(=O)c1cccc([N+](=O)[O-])c1. The summed E-state index contributed by atoms with van der Waals surface area (Å²) in [6, 6.07) is 16.5. The highest BCUT2D eigenvalue weighted by Crippen LogP contribution is 2.22. The molecule has 31 heavy (non-hydrogen) atoms. The van der Waals surface area contributed by atoms with Crippen LogP contribution in [0.15, 0.2) is 77.7 Å². The van der Waals surface area contributed by atoms with Gasteiger partial charge >= 0.3 is 0 Å². The maximum Gasteiger partial charge on any atom is 0.270 e. The molecule has 0 fully saturated rings. The molecule has 8 nitrogen and oxygen atoms in total. The molecule has 0 aliphatic carbocycles. The Balaban J connectivity index is 1.73. The number of carbonyl (C=O) groups is 1. The first-order valence-electron chi connectivity index (χ1n) is 9.15. The fraction of sp³-hybridized carbons (Fsp3) is 0.0952. The largest absolute Gasteiger partial charge is 0.352 e. The summed E-state index contributed by atoms with van der Waals surface area (Å²) in [7, 11) is -4.16. The summed E-state index contributed by atoms with van der Waals surface area (Å²) in [6.45, 7) is 0.260. The zero-order valence-electron chi connectivity index (χ0n) is 16.1. The molecule has 0 atom stereocenters. The van der Waals surface area contributed by atoms with E-state index in [0.717, 1.165) is 11.6 Å². The van der Waals surface area contributed by atoms with Crippen molar-refractivity contribution in [2.75, 3.05) is 11.3 Å². The van der Waals surface area contributed by atoms with E-state index in [4.69, 9.17) is 0 Å². The molecule has 160 valence electrons. The van der Waals surface area contributed by atoms with Crippen LogP contribution in [0.1, 0.15) is 15.9 Å². The predicted molar refractivity (Wildman–Crippen MR) is 113 cm³/mol. The van der Waals surface area contributed by atoms with Gasteiger partial charge in [0.05, 0.1) is 21.1 Å². The van der Waals surface area contributed by atoms with Crippen LogP contribution in [-0.2, 0) is 16.4 Å². The average Bonchev–Trinajstić information content (AvgIpc) is 2.75. The molecule has 3 rings (SSSR count). The molecule has 0 aromatic heterocycles. The number of nitro benzene ring substituents is 1. The van der Waals surface area contributed by atoms with Gasteiger partial charge in [-0.2, -0.15) is 0 Å². The van der Waals surface area contributed by atoms with Crippen molar-refractivity contribution in [2.45, 2.75) is 11.3 Å². The Morgan fingerprint density at radius 3 is 2.42 bits per heavy atom. The molecule has 0 radical (unpaired) electrons. The zero-order valence-corrected chi connectivity index (χ0v) is 16.9. The topological polar surface area (TPSA) is 118 Å². The molecule has 0 spiro atoms. The maximum absolute atomic E-state index is 13.0. The van der Waals surface area contributed by atoms with Crippen molar-refractivity contribution in [3.63, 3.8) is 0 Å². The van der Waals surface area contributed by atoms with Crippen LogP contribution in [0.4, 0.5) is 15.8 Å². The van der Waals surface area contributed by atoms with Crippen LogP contribution >= 0.6 is 0 Å². The van der Waals surface area contributed by atoms with E-state index >= 15 is 0 Å².